The van der Waals surface area contributed by atoms with Gasteiger partial charge in [-0.05, 0) is 0 Å². The number of hydrogen-bond donors (Lipinski definition) is 0. The van der Waals surface area contributed by atoms with Crippen LogP contribution in [0.5, 0.6) is 5.48 Å². The molecule has 38 valence electrons. The molecule has 2 nitrogen and oxygen atoms in total. The highest BCUT2D eigenvalue weighted by Crippen LogP contribution is 2.50. The van der Waals surface area contributed by atoms with E-state index >= 15 is 0 Å². The first kappa shape index (κ1) is 4.79. The number of rotatable bonds is 1. The van der Waals surface area contributed by atoms with Gasteiger partial charge >= 0.3 is 12.9 Å². The summed E-state index contributed by atoms with van der Waals surface area (Å²) in [5.74, 6) is 0. The van der Waals surface area contributed by atoms with E-state index in [4.69, 9.17) is 0 Å². The van der Waals surface area contributed by atoms with Gasteiger partial charge in [0.05, 0.1) is 7.11 Å². The van der Waals surface area contributed by atoms with Crippen molar-refractivity contribution in [1.29, 1.82) is 0 Å². The van der Waals surface area contributed by atoms with Gasteiger partial charge in [0.15, 0.2) is 0 Å². The van der Waals surface area contributed by atoms with Crippen molar-refractivity contribution in [2.24, 2.45) is 0 Å². The zero-order chi connectivity index (χ0) is 5.44. The molecule has 0 aliphatic rings. The molecule has 1 rings (SSSR count). The van der Waals surface area contributed by atoms with Crippen LogP contribution in [-0.4, -0.2) is 7.11 Å². The van der Waals surface area contributed by atoms with Crippen LogP contribution in [-0.2, 0) is 4.57 Å². The first-order valence-electron chi connectivity index (χ1n) is 1.99. The largest absolute Gasteiger partial charge is 0.462 e. The van der Waals surface area contributed by atoms with Crippen LogP contribution in [0.1, 0.15) is 5.30 Å². The van der Waals surface area contributed by atoms with Crippen LogP contribution < -0.4 is 4.74 Å². The second-order valence-electron chi connectivity index (χ2n) is 1.39. The topological polar surface area (TPSA) is 26.3 Å². The molecule has 0 saturated carbocycles. The highest BCUT2D eigenvalue weighted by molar-refractivity contribution is 7.47. The van der Waals surface area contributed by atoms with Crippen molar-refractivity contribution >= 4 is 7.41 Å². The van der Waals surface area contributed by atoms with Crippen molar-refractivity contribution in [1.82, 2.24) is 0 Å². The van der Waals surface area contributed by atoms with E-state index in [0.717, 1.165) is 5.30 Å². The van der Waals surface area contributed by atoms with Crippen LogP contribution in [0, 0.1) is 6.92 Å². The first-order valence-corrected chi connectivity index (χ1v) is 3.25. The normalized spacial score (nSPS) is 12.6. The fourth-order valence-electron chi connectivity index (χ4n) is 0.440. The average molecular weight is 117 g/mol. The fourth-order valence-corrected chi connectivity index (χ4v) is 1.24. The summed E-state index contributed by atoms with van der Waals surface area (Å²) in [4.78, 5) is 0. The minimum atomic E-state index is -1.13. The molecule has 1 aromatic rings. The summed E-state index contributed by atoms with van der Waals surface area (Å²) in [5.41, 5.74) is 0.690. The molecule has 1 unspecified atom stereocenters. The Morgan fingerprint density at radius 2 is 2.14 bits per heavy atom. The quantitative estimate of drug-likeness (QED) is 0.558. The molecule has 0 aliphatic heterocycles. The summed E-state index contributed by atoms with van der Waals surface area (Å²) in [5, 5.41) is 0.914. The Hall–Kier alpha value is -0.360. The van der Waals surface area contributed by atoms with Gasteiger partial charge in [0, 0.05) is 6.92 Å². The summed E-state index contributed by atoms with van der Waals surface area (Å²) >= 11 is 0. The second kappa shape index (κ2) is 1.31. The lowest BCUT2D eigenvalue weighted by molar-refractivity contribution is 0.429. The summed E-state index contributed by atoms with van der Waals surface area (Å²) < 4.78 is 15.1. The van der Waals surface area contributed by atoms with Gasteiger partial charge in [-0.3, -0.25) is 0 Å². The van der Waals surface area contributed by atoms with Gasteiger partial charge in [-0.2, -0.15) is 0 Å². The van der Waals surface area contributed by atoms with Crippen LogP contribution in [0.15, 0.2) is 0 Å². The Kier molecular flexibility index (Phi) is 0.894. The van der Waals surface area contributed by atoms with Crippen LogP contribution in [0.3, 0.4) is 0 Å². The molecule has 1 heterocycles. The van der Waals surface area contributed by atoms with Crippen molar-refractivity contribution in [2.75, 3.05) is 7.11 Å². The van der Waals surface area contributed by atoms with E-state index in [-0.39, 0.29) is 0 Å². The van der Waals surface area contributed by atoms with Crippen molar-refractivity contribution in [3.8, 4) is 5.48 Å². The number of methoxy groups -OCH3 is 1. The molecule has 0 aromatic carbocycles. The molecule has 0 N–H and O–H groups in total. The van der Waals surface area contributed by atoms with Crippen molar-refractivity contribution in [2.45, 2.75) is 6.92 Å². The Morgan fingerprint density at radius 1 is 1.71 bits per heavy atom. The smallest absolute Gasteiger partial charge is 0.458 e. The molecule has 3 heteroatoms. The van der Waals surface area contributed by atoms with Gasteiger partial charge in [-0.1, -0.05) is 4.57 Å². The molecule has 1 aromatic heterocycles. The molecule has 0 fully saturated rings. The number of ether oxygens (including phenoxy) is 1. The van der Waals surface area contributed by atoms with Crippen LogP contribution >= 0.6 is 7.41 Å². The standard InChI is InChI=1S/C4H6O2P/c1-3-4(6-2)7(3)5/h1-2H3/q+1. The molecule has 0 saturated heterocycles. The molecule has 1 atom stereocenters. The molecule has 0 bridgehead atoms. The predicted molar refractivity (Wildman–Crippen MR) is 27.7 cm³/mol. The Balaban J connectivity index is 2.81. The van der Waals surface area contributed by atoms with E-state index in [0.29, 0.717) is 5.48 Å². The molecule has 0 spiro atoms. The van der Waals surface area contributed by atoms with Crippen LogP contribution in [0.2, 0.25) is 0 Å². The fraction of sp³-hybridized carbons (Fsp3) is 0.500. The van der Waals surface area contributed by atoms with E-state index in [1.54, 1.807) is 7.11 Å². The zero-order valence-corrected chi connectivity index (χ0v) is 5.16. The molecule has 0 amide bonds. The van der Waals surface area contributed by atoms with E-state index in [9.17, 15) is 4.57 Å². The Bertz CT molecular complexity index is 185. The minimum Gasteiger partial charge on any atom is -0.458 e. The lowest BCUT2D eigenvalue weighted by Gasteiger charge is -1.68. The molecule has 7 heavy (non-hydrogen) atoms. The van der Waals surface area contributed by atoms with E-state index < -0.39 is 7.41 Å². The average Bonchev–Trinajstić information content (AvgIpc) is 2.17. The molecular formula is C4H6O2P+. The SMILES string of the molecule is COc1c(C)[p+]1=O. The van der Waals surface area contributed by atoms with E-state index in [1.165, 1.54) is 0 Å². The molecule has 0 radical (unpaired) electrons. The van der Waals surface area contributed by atoms with Gasteiger partial charge in [0.25, 0.3) is 5.30 Å². The maximum atomic E-state index is 10.4. The zero-order valence-electron chi connectivity index (χ0n) is 4.26. The summed E-state index contributed by atoms with van der Waals surface area (Å²) in [6.07, 6.45) is 0. The van der Waals surface area contributed by atoms with Gasteiger partial charge in [0.1, 0.15) is 0 Å². The van der Waals surface area contributed by atoms with Crippen molar-refractivity contribution in [3.05, 3.63) is 5.30 Å². The second-order valence-corrected chi connectivity index (χ2v) is 3.05. The lowest BCUT2D eigenvalue weighted by atomic mass is 10.7. The molecule has 0 aliphatic carbocycles. The Labute approximate surface area is 42.5 Å². The minimum absolute atomic E-state index is 0.690. The van der Waals surface area contributed by atoms with Crippen LogP contribution in [0.4, 0.5) is 0 Å². The van der Waals surface area contributed by atoms with Gasteiger partial charge < -0.3 is 4.74 Å². The van der Waals surface area contributed by atoms with Gasteiger partial charge in [-0.25, -0.2) is 0 Å². The van der Waals surface area contributed by atoms with E-state index in [1.807, 2.05) is 6.92 Å². The lowest BCUT2D eigenvalue weighted by Crippen LogP contribution is -1.69. The third-order valence-electron chi connectivity index (χ3n) is 0.942. The summed E-state index contributed by atoms with van der Waals surface area (Å²) in [6.45, 7) is 1.82. The third kappa shape index (κ3) is 0.552. The highest BCUT2D eigenvalue weighted by Gasteiger charge is 2.36. The third-order valence-corrected chi connectivity index (χ3v) is 2.42. The first-order chi connectivity index (χ1) is 3.27. The molecular weight excluding hydrogens is 111 g/mol. The van der Waals surface area contributed by atoms with Gasteiger partial charge in [-0.15, -0.1) is 0 Å². The van der Waals surface area contributed by atoms with Gasteiger partial charge in [0.2, 0.25) is 0 Å². The van der Waals surface area contributed by atoms with Crippen molar-refractivity contribution in [3.63, 3.8) is 0 Å². The number of hydrogen-bond acceptors (Lipinski definition) is 2. The van der Waals surface area contributed by atoms with Crippen molar-refractivity contribution < 1.29 is 9.30 Å². The monoisotopic (exact) mass is 117 g/mol. The Morgan fingerprint density at radius 3 is 2.14 bits per heavy atom. The van der Waals surface area contributed by atoms with E-state index in [2.05, 4.69) is 4.74 Å². The summed E-state index contributed by atoms with van der Waals surface area (Å²) in [6, 6.07) is 0. The maximum absolute atomic E-state index is 10.4. The maximum Gasteiger partial charge on any atom is 0.462 e. The summed E-state index contributed by atoms with van der Waals surface area (Å²) in [7, 11) is 0.407. The van der Waals surface area contributed by atoms with Crippen LogP contribution in [0.25, 0.3) is 0 Å². The highest BCUT2D eigenvalue weighted by atomic mass is 31.1. The predicted octanol–water partition coefficient (Wildman–Crippen LogP) is 1.62.